The molecule has 1 spiro atoms. The minimum Gasteiger partial charge on any atom is -0.394 e. The molecule has 2 fully saturated rings. The smallest absolute Gasteiger partial charge is 0.249 e. The third-order valence-electron chi connectivity index (χ3n) is 8.83. The lowest BCUT2D eigenvalue weighted by atomic mass is 9.73. The van der Waals surface area contributed by atoms with Crippen molar-refractivity contribution in [1.82, 2.24) is 9.80 Å². The van der Waals surface area contributed by atoms with Crippen LogP contribution >= 0.6 is 0 Å². The molecule has 204 valence electrons. The number of benzene rings is 1. The number of ether oxygens (including phenoxy) is 1. The van der Waals surface area contributed by atoms with Crippen molar-refractivity contribution >= 4 is 23.4 Å². The first-order valence-corrected chi connectivity index (χ1v) is 13.7. The van der Waals surface area contributed by atoms with Gasteiger partial charge < -0.3 is 24.5 Å². The SMILES string of the molecule is CC[C@@H](CO)N1C(=O)[C@@H]2[C@H]3C(=O)N(c4ccccc4)CC=C[C@@]3(CC)O[C@@]23C=CCN(C(C)(C)C)C(=O)C13. The molecule has 8 heteroatoms. The average Bonchev–Trinajstić information content (AvgIpc) is 3.17. The van der Waals surface area contributed by atoms with Crippen molar-refractivity contribution in [3.8, 4) is 0 Å². The second-order valence-corrected chi connectivity index (χ2v) is 11.8. The Balaban J connectivity index is 1.70. The fourth-order valence-corrected chi connectivity index (χ4v) is 6.95. The second kappa shape index (κ2) is 9.35. The molecule has 8 nitrogen and oxygen atoms in total. The van der Waals surface area contributed by atoms with E-state index in [0.29, 0.717) is 25.9 Å². The number of likely N-dealkylation sites (tertiary alicyclic amines) is 1. The molecule has 1 aromatic carbocycles. The molecule has 1 aromatic rings. The van der Waals surface area contributed by atoms with Crippen LogP contribution in [0.15, 0.2) is 54.6 Å². The summed E-state index contributed by atoms with van der Waals surface area (Å²) in [5.74, 6) is -2.42. The second-order valence-electron chi connectivity index (χ2n) is 11.8. The number of aliphatic hydroxyl groups is 1. The van der Waals surface area contributed by atoms with Gasteiger partial charge in [-0.2, -0.15) is 0 Å². The highest BCUT2D eigenvalue weighted by atomic mass is 16.5. The van der Waals surface area contributed by atoms with Gasteiger partial charge in [0.2, 0.25) is 17.7 Å². The maximum atomic E-state index is 14.5. The largest absolute Gasteiger partial charge is 0.394 e. The molecule has 4 aliphatic rings. The van der Waals surface area contributed by atoms with Crippen molar-refractivity contribution in [2.24, 2.45) is 11.8 Å². The molecule has 0 radical (unpaired) electrons. The monoisotopic (exact) mass is 521 g/mol. The van der Waals surface area contributed by atoms with Gasteiger partial charge in [-0.25, -0.2) is 0 Å². The number of carbonyl (C=O) groups is 3. The predicted molar refractivity (Wildman–Crippen MR) is 144 cm³/mol. The number of hydrogen-bond acceptors (Lipinski definition) is 5. The zero-order valence-corrected chi connectivity index (χ0v) is 23.0. The van der Waals surface area contributed by atoms with Crippen molar-refractivity contribution in [3.63, 3.8) is 0 Å². The number of carbonyl (C=O) groups excluding carboxylic acids is 3. The third kappa shape index (κ3) is 3.67. The maximum absolute atomic E-state index is 14.5. The summed E-state index contributed by atoms with van der Waals surface area (Å²) in [6.45, 7) is 10.2. The van der Waals surface area contributed by atoms with Crippen LogP contribution in [0.5, 0.6) is 0 Å². The van der Waals surface area contributed by atoms with Crippen molar-refractivity contribution in [1.29, 1.82) is 0 Å². The number of hydrogen-bond donors (Lipinski definition) is 1. The van der Waals surface area contributed by atoms with Crippen LogP contribution in [0.1, 0.15) is 47.5 Å². The Bertz CT molecular complexity index is 1170. The molecule has 1 unspecified atom stereocenters. The summed E-state index contributed by atoms with van der Waals surface area (Å²) in [4.78, 5) is 48.3. The molecule has 5 rings (SSSR count). The Morgan fingerprint density at radius 3 is 2.26 bits per heavy atom. The fourth-order valence-electron chi connectivity index (χ4n) is 6.95. The molecule has 0 aromatic heterocycles. The van der Waals surface area contributed by atoms with Crippen LogP contribution in [0.25, 0.3) is 0 Å². The van der Waals surface area contributed by atoms with Crippen molar-refractivity contribution in [3.05, 3.63) is 54.6 Å². The van der Waals surface area contributed by atoms with Gasteiger partial charge in [-0.3, -0.25) is 14.4 Å². The number of para-hydroxylation sites is 1. The van der Waals surface area contributed by atoms with Crippen molar-refractivity contribution in [2.75, 3.05) is 24.6 Å². The van der Waals surface area contributed by atoms with E-state index in [-0.39, 0.29) is 24.3 Å². The van der Waals surface area contributed by atoms with E-state index in [1.807, 2.05) is 89.3 Å². The lowest BCUT2D eigenvalue weighted by Crippen LogP contribution is -2.61. The van der Waals surface area contributed by atoms with E-state index in [0.717, 1.165) is 5.69 Å². The topological polar surface area (TPSA) is 90.4 Å². The van der Waals surface area contributed by atoms with Gasteiger partial charge in [-0.15, -0.1) is 0 Å². The van der Waals surface area contributed by atoms with E-state index in [9.17, 15) is 19.5 Å². The highest BCUT2D eigenvalue weighted by Gasteiger charge is 2.76. The summed E-state index contributed by atoms with van der Waals surface area (Å²) in [7, 11) is 0. The Morgan fingerprint density at radius 2 is 1.66 bits per heavy atom. The molecule has 4 heterocycles. The van der Waals surface area contributed by atoms with Gasteiger partial charge in [-0.1, -0.05) is 56.4 Å². The lowest BCUT2D eigenvalue weighted by molar-refractivity contribution is -0.158. The van der Waals surface area contributed by atoms with Gasteiger partial charge in [0.1, 0.15) is 11.6 Å². The highest BCUT2D eigenvalue weighted by Crippen LogP contribution is 2.59. The lowest BCUT2D eigenvalue weighted by Gasteiger charge is -2.43. The van der Waals surface area contributed by atoms with Crippen LogP contribution in [0.4, 0.5) is 5.69 Å². The quantitative estimate of drug-likeness (QED) is 0.602. The van der Waals surface area contributed by atoms with Gasteiger partial charge in [0, 0.05) is 24.3 Å². The summed E-state index contributed by atoms with van der Waals surface area (Å²) in [6.07, 6.45) is 8.60. The summed E-state index contributed by atoms with van der Waals surface area (Å²) < 4.78 is 6.99. The Labute approximate surface area is 224 Å². The van der Waals surface area contributed by atoms with E-state index >= 15 is 0 Å². The highest BCUT2D eigenvalue weighted by molar-refractivity contribution is 6.04. The van der Waals surface area contributed by atoms with Gasteiger partial charge in [-0.05, 0) is 45.7 Å². The number of anilines is 1. The summed E-state index contributed by atoms with van der Waals surface area (Å²) in [5.41, 5.74) is -2.10. The average molecular weight is 522 g/mol. The molecular formula is C30H39N3O5. The van der Waals surface area contributed by atoms with Crippen molar-refractivity contribution in [2.45, 2.75) is 76.3 Å². The van der Waals surface area contributed by atoms with Crippen LogP contribution in [0, 0.1) is 11.8 Å². The zero-order valence-electron chi connectivity index (χ0n) is 23.0. The molecule has 38 heavy (non-hydrogen) atoms. The number of nitrogens with zero attached hydrogens (tertiary/aromatic N) is 3. The van der Waals surface area contributed by atoms with E-state index in [1.165, 1.54) is 4.90 Å². The Hall–Kier alpha value is -2.97. The summed E-state index contributed by atoms with van der Waals surface area (Å²) in [5, 5.41) is 10.3. The first-order chi connectivity index (χ1) is 18.1. The van der Waals surface area contributed by atoms with Crippen molar-refractivity contribution < 1.29 is 24.2 Å². The van der Waals surface area contributed by atoms with Crippen LogP contribution in [0.2, 0.25) is 0 Å². The first-order valence-electron chi connectivity index (χ1n) is 13.7. The normalized spacial score (nSPS) is 33.7. The van der Waals surface area contributed by atoms with Gasteiger partial charge >= 0.3 is 0 Å². The van der Waals surface area contributed by atoms with E-state index in [2.05, 4.69) is 0 Å². The van der Waals surface area contributed by atoms with E-state index in [1.54, 1.807) is 9.80 Å². The Kier molecular flexibility index (Phi) is 6.55. The molecule has 1 N–H and O–H groups in total. The molecule has 3 amide bonds. The maximum Gasteiger partial charge on any atom is 0.249 e. The fraction of sp³-hybridized carbons (Fsp3) is 0.567. The van der Waals surface area contributed by atoms with Gasteiger partial charge in [0.15, 0.2) is 0 Å². The molecule has 2 saturated heterocycles. The standard InChI is InChI=1S/C30H39N3O5/c1-6-20(19-34)33-24-27(37)32(28(3,4)5)18-12-16-30(24)23(26(33)36)22-25(35)31(21-13-9-8-10-14-21)17-11-15-29(22,7-2)38-30/h8-16,20,22-24,34H,6-7,17-19H2,1-5H3/t20-,22-,23-,24?,29+,30-/m0/s1. The number of aliphatic hydroxyl groups excluding tert-OH is 1. The third-order valence-corrected chi connectivity index (χ3v) is 8.83. The minimum atomic E-state index is -1.32. The molecule has 0 aliphatic carbocycles. The van der Waals surface area contributed by atoms with E-state index in [4.69, 9.17) is 4.74 Å². The van der Waals surface area contributed by atoms with Gasteiger partial charge in [0.05, 0.1) is 30.1 Å². The minimum absolute atomic E-state index is 0.186. The number of rotatable bonds is 5. The predicted octanol–water partition coefficient (Wildman–Crippen LogP) is 2.92. The number of fused-ring (bicyclic) bond motifs is 2. The summed E-state index contributed by atoms with van der Waals surface area (Å²) >= 11 is 0. The first kappa shape index (κ1) is 26.6. The van der Waals surface area contributed by atoms with Crippen LogP contribution in [-0.2, 0) is 19.1 Å². The van der Waals surface area contributed by atoms with E-state index < -0.39 is 40.7 Å². The molecule has 0 saturated carbocycles. The molecular weight excluding hydrogens is 482 g/mol. The Morgan fingerprint density at radius 1 is 0.974 bits per heavy atom. The van der Waals surface area contributed by atoms with Crippen LogP contribution < -0.4 is 4.90 Å². The molecule has 4 aliphatic heterocycles. The van der Waals surface area contributed by atoms with Crippen LogP contribution in [0.3, 0.4) is 0 Å². The number of amides is 3. The van der Waals surface area contributed by atoms with Gasteiger partial charge in [0.25, 0.3) is 0 Å². The van der Waals surface area contributed by atoms with Crippen LogP contribution in [-0.4, -0.2) is 81.1 Å². The zero-order chi connectivity index (χ0) is 27.5. The molecule has 6 atom stereocenters. The summed E-state index contributed by atoms with van der Waals surface area (Å²) in [6, 6.07) is 7.91. The molecule has 0 bridgehead atoms.